The third-order valence-electron chi connectivity index (χ3n) is 5.65. The second kappa shape index (κ2) is 8.15. The van der Waals surface area contributed by atoms with Gasteiger partial charge in [0, 0.05) is 25.8 Å². The van der Waals surface area contributed by atoms with Gasteiger partial charge in [0.1, 0.15) is 5.82 Å². The average molecular weight is 341 g/mol. The Balaban J connectivity index is 1.44. The monoisotopic (exact) mass is 340 g/mol. The van der Waals surface area contributed by atoms with Crippen molar-refractivity contribution in [1.29, 1.82) is 0 Å². The van der Waals surface area contributed by atoms with E-state index in [9.17, 15) is 0 Å². The highest BCUT2D eigenvalue weighted by Crippen LogP contribution is 2.20. The van der Waals surface area contributed by atoms with E-state index < -0.39 is 0 Å². The van der Waals surface area contributed by atoms with Gasteiger partial charge >= 0.3 is 0 Å². The molecule has 1 aromatic heterocycles. The minimum absolute atomic E-state index is 0.805. The molecule has 1 aliphatic rings. The summed E-state index contributed by atoms with van der Waals surface area (Å²) in [6.07, 6.45) is 2.60. The van der Waals surface area contributed by atoms with Crippen LogP contribution in [-0.2, 0) is 20.1 Å². The van der Waals surface area contributed by atoms with Crippen LogP contribution in [0.5, 0.6) is 0 Å². The summed E-state index contributed by atoms with van der Waals surface area (Å²) in [5, 5.41) is 0. The summed E-state index contributed by atoms with van der Waals surface area (Å²) in [6.45, 7) is 9.88. The zero-order valence-corrected chi connectivity index (χ0v) is 16.2. The lowest BCUT2D eigenvalue weighted by atomic mass is 9.96. The molecule has 136 valence electrons. The molecule has 0 unspecified atom stereocenters. The molecule has 1 aliphatic heterocycles. The van der Waals surface area contributed by atoms with Gasteiger partial charge in [-0.1, -0.05) is 30.3 Å². The molecule has 4 nitrogen and oxygen atoms in total. The van der Waals surface area contributed by atoms with Crippen molar-refractivity contribution < 1.29 is 0 Å². The highest BCUT2D eigenvalue weighted by atomic mass is 15.2. The van der Waals surface area contributed by atoms with Crippen LogP contribution in [0.3, 0.4) is 0 Å². The van der Waals surface area contributed by atoms with Gasteiger partial charge in [-0.15, -0.1) is 0 Å². The number of aryl methyl sites for hydroxylation is 1. The largest absolute Gasteiger partial charge is 0.334 e. The van der Waals surface area contributed by atoms with Crippen LogP contribution in [0.1, 0.15) is 35.6 Å². The van der Waals surface area contributed by atoms with E-state index in [-0.39, 0.29) is 0 Å². The fourth-order valence-electron chi connectivity index (χ4n) is 3.84. The predicted molar refractivity (Wildman–Crippen MR) is 103 cm³/mol. The summed E-state index contributed by atoms with van der Waals surface area (Å²) in [6, 6.07) is 10.8. The SMILES string of the molecule is Cc1nc(CN(C)CC2CCN(Cc3ccccc3)CC2)n(C)c1C. The standard InChI is InChI=1S/C21H32N4/c1-17-18(2)24(4)21(22-17)16-23(3)14-20-10-12-25(13-11-20)15-19-8-6-5-7-9-19/h5-9,20H,10-16H2,1-4H3. The Bertz CT molecular complexity index is 669. The summed E-state index contributed by atoms with van der Waals surface area (Å²) in [7, 11) is 4.36. The first-order valence-corrected chi connectivity index (χ1v) is 9.46. The minimum Gasteiger partial charge on any atom is -0.334 e. The van der Waals surface area contributed by atoms with Crippen LogP contribution >= 0.6 is 0 Å². The Morgan fingerprint density at radius 3 is 2.40 bits per heavy atom. The number of hydrogen-bond acceptors (Lipinski definition) is 3. The van der Waals surface area contributed by atoms with Crippen molar-refractivity contribution in [2.45, 2.75) is 39.8 Å². The molecule has 0 amide bonds. The van der Waals surface area contributed by atoms with E-state index in [0.717, 1.165) is 24.7 Å². The Hall–Kier alpha value is -1.65. The molecule has 0 N–H and O–H groups in total. The van der Waals surface area contributed by atoms with Gasteiger partial charge < -0.3 is 4.57 Å². The van der Waals surface area contributed by atoms with Crippen LogP contribution in [0.2, 0.25) is 0 Å². The van der Waals surface area contributed by atoms with Crippen molar-refractivity contribution in [1.82, 2.24) is 19.4 Å². The Morgan fingerprint density at radius 1 is 1.12 bits per heavy atom. The first-order chi connectivity index (χ1) is 12.0. The molecule has 4 heteroatoms. The molecule has 2 aromatic rings. The number of imidazole rings is 1. The maximum Gasteiger partial charge on any atom is 0.123 e. The van der Waals surface area contributed by atoms with Crippen LogP contribution in [0.4, 0.5) is 0 Å². The molecule has 25 heavy (non-hydrogen) atoms. The summed E-state index contributed by atoms with van der Waals surface area (Å²) < 4.78 is 2.23. The first kappa shape index (κ1) is 18.2. The minimum atomic E-state index is 0.805. The smallest absolute Gasteiger partial charge is 0.123 e. The fourth-order valence-corrected chi connectivity index (χ4v) is 3.84. The van der Waals surface area contributed by atoms with Gasteiger partial charge in [-0.25, -0.2) is 4.98 Å². The molecule has 3 rings (SSSR count). The van der Waals surface area contributed by atoms with Gasteiger partial charge in [0.25, 0.3) is 0 Å². The lowest BCUT2D eigenvalue weighted by molar-refractivity contribution is 0.146. The van der Waals surface area contributed by atoms with E-state index in [2.05, 4.69) is 72.6 Å². The molecule has 0 radical (unpaired) electrons. The van der Waals surface area contributed by atoms with Crippen molar-refractivity contribution in [2.75, 3.05) is 26.7 Å². The lowest BCUT2D eigenvalue weighted by Gasteiger charge is -2.33. The molecular formula is C21H32N4. The van der Waals surface area contributed by atoms with Gasteiger partial charge in [-0.05, 0) is 58.3 Å². The highest BCUT2D eigenvalue weighted by molar-refractivity contribution is 5.15. The Labute approximate surface area is 152 Å². The summed E-state index contributed by atoms with van der Waals surface area (Å²) in [5.41, 5.74) is 3.86. The number of benzene rings is 1. The Kier molecular flexibility index (Phi) is 5.92. The van der Waals surface area contributed by atoms with E-state index in [0.29, 0.717) is 0 Å². The fraction of sp³-hybridized carbons (Fsp3) is 0.571. The number of piperidine rings is 1. The highest BCUT2D eigenvalue weighted by Gasteiger charge is 2.21. The molecule has 1 saturated heterocycles. The van der Waals surface area contributed by atoms with E-state index in [4.69, 9.17) is 4.98 Å². The van der Waals surface area contributed by atoms with Gasteiger partial charge in [0.05, 0.1) is 12.2 Å². The summed E-state index contributed by atoms with van der Waals surface area (Å²) in [4.78, 5) is 9.75. The summed E-state index contributed by atoms with van der Waals surface area (Å²) >= 11 is 0. The quantitative estimate of drug-likeness (QED) is 0.806. The molecule has 0 aliphatic carbocycles. The van der Waals surface area contributed by atoms with Crippen molar-refractivity contribution in [3.05, 3.63) is 53.1 Å². The summed E-state index contributed by atoms with van der Waals surface area (Å²) in [5.74, 6) is 1.98. The maximum atomic E-state index is 4.71. The van der Waals surface area contributed by atoms with E-state index in [1.165, 1.54) is 49.6 Å². The number of likely N-dealkylation sites (tertiary alicyclic amines) is 1. The average Bonchev–Trinajstić information content (AvgIpc) is 2.84. The zero-order valence-electron chi connectivity index (χ0n) is 16.2. The third kappa shape index (κ3) is 4.71. The van der Waals surface area contributed by atoms with Crippen molar-refractivity contribution in [3.8, 4) is 0 Å². The van der Waals surface area contributed by atoms with Crippen LogP contribution in [0, 0.1) is 19.8 Å². The molecule has 2 heterocycles. The zero-order chi connectivity index (χ0) is 17.8. The van der Waals surface area contributed by atoms with Crippen molar-refractivity contribution >= 4 is 0 Å². The van der Waals surface area contributed by atoms with Crippen molar-refractivity contribution in [2.24, 2.45) is 13.0 Å². The van der Waals surface area contributed by atoms with Crippen LogP contribution in [0.25, 0.3) is 0 Å². The second-order valence-corrected chi connectivity index (χ2v) is 7.66. The normalized spacial score (nSPS) is 16.7. The maximum absolute atomic E-state index is 4.71. The van der Waals surface area contributed by atoms with E-state index in [1.54, 1.807) is 0 Å². The van der Waals surface area contributed by atoms with Crippen LogP contribution < -0.4 is 0 Å². The molecule has 0 bridgehead atoms. The van der Waals surface area contributed by atoms with Crippen molar-refractivity contribution in [3.63, 3.8) is 0 Å². The Morgan fingerprint density at radius 2 is 1.80 bits per heavy atom. The number of hydrogen-bond donors (Lipinski definition) is 0. The molecular weight excluding hydrogens is 308 g/mol. The molecule has 0 saturated carbocycles. The topological polar surface area (TPSA) is 24.3 Å². The van der Waals surface area contributed by atoms with Crippen LogP contribution in [-0.4, -0.2) is 46.0 Å². The third-order valence-corrected chi connectivity index (χ3v) is 5.65. The molecule has 0 atom stereocenters. The van der Waals surface area contributed by atoms with Gasteiger partial charge in [0.2, 0.25) is 0 Å². The predicted octanol–water partition coefficient (Wildman–Crippen LogP) is 3.38. The number of nitrogens with zero attached hydrogens (tertiary/aromatic N) is 4. The van der Waals surface area contributed by atoms with Gasteiger partial charge in [-0.3, -0.25) is 9.80 Å². The molecule has 1 fully saturated rings. The number of aromatic nitrogens is 2. The number of rotatable bonds is 6. The first-order valence-electron chi connectivity index (χ1n) is 9.46. The van der Waals surface area contributed by atoms with Crippen LogP contribution in [0.15, 0.2) is 30.3 Å². The van der Waals surface area contributed by atoms with E-state index in [1.807, 2.05) is 0 Å². The van der Waals surface area contributed by atoms with E-state index >= 15 is 0 Å². The van der Waals surface area contributed by atoms with Gasteiger partial charge in [-0.2, -0.15) is 0 Å². The second-order valence-electron chi connectivity index (χ2n) is 7.66. The van der Waals surface area contributed by atoms with Gasteiger partial charge in [0.15, 0.2) is 0 Å². The lowest BCUT2D eigenvalue weighted by Crippen LogP contribution is -2.37. The molecule has 1 aromatic carbocycles. The molecule has 0 spiro atoms.